The van der Waals surface area contributed by atoms with Crippen molar-refractivity contribution in [2.45, 2.75) is 20.4 Å². The highest BCUT2D eigenvalue weighted by Crippen LogP contribution is 2.28. The number of furan rings is 1. The maximum absolute atomic E-state index is 12.5. The Balaban J connectivity index is 1.74. The van der Waals surface area contributed by atoms with Gasteiger partial charge in [0.05, 0.1) is 25.0 Å². The van der Waals surface area contributed by atoms with Crippen LogP contribution in [0.3, 0.4) is 0 Å². The quantitative estimate of drug-likeness (QED) is 0.430. The summed E-state index contributed by atoms with van der Waals surface area (Å²) in [5.74, 6) is 1.71. The van der Waals surface area contributed by atoms with Gasteiger partial charge in [0, 0.05) is 16.3 Å². The summed E-state index contributed by atoms with van der Waals surface area (Å²) in [6.45, 7) is 5.17. The van der Waals surface area contributed by atoms with Gasteiger partial charge in [-0.3, -0.25) is 4.79 Å². The van der Waals surface area contributed by atoms with Crippen molar-refractivity contribution in [1.82, 2.24) is 5.32 Å². The molecule has 0 fully saturated rings. The van der Waals surface area contributed by atoms with E-state index in [0.717, 1.165) is 15.8 Å². The lowest BCUT2D eigenvalue weighted by Gasteiger charge is -2.11. The van der Waals surface area contributed by atoms with Crippen LogP contribution in [0.25, 0.3) is 0 Å². The minimum Gasteiger partial charge on any atom is -0.493 e. The zero-order valence-electron chi connectivity index (χ0n) is 15.6. The Labute approximate surface area is 176 Å². The first-order valence-electron chi connectivity index (χ1n) is 8.87. The summed E-state index contributed by atoms with van der Waals surface area (Å²) >= 11 is 4.90. The molecule has 5 nitrogen and oxygen atoms in total. The minimum atomic E-state index is -0.185. The van der Waals surface area contributed by atoms with Crippen molar-refractivity contribution >= 4 is 44.4 Å². The minimum absolute atomic E-state index is 0.185. The number of halogens is 1. The van der Waals surface area contributed by atoms with Crippen molar-refractivity contribution < 1.29 is 13.9 Å². The van der Waals surface area contributed by atoms with E-state index in [1.165, 1.54) is 11.3 Å². The van der Waals surface area contributed by atoms with Gasteiger partial charge in [-0.05, 0) is 47.7 Å². The average Bonchev–Trinajstić information content (AvgIpc) is 3.35. The van der Waals surface area contributed by atoms with E-state index in [4.69, 9.17) is 9.15 Å². The molecule has 0 unspecified atom stereocenters. The molecule has 3 aromatic rings. The third-order valence-electron chi connectivity index (χ3n) is 3.76. The molecule has 2 aromatic heterocycles. The van der Waals surface area contributed by atoms with E-state index in [9.17, 15) is 4.79 Å². The molecule has 0 aliphatic rings. The van der Waals surface area contributed by atoms with Gasteiger partial charge in [-0.2, -0.15) is 0 Å². The molecule has 0 saturated heterocycles. The fourth-order valence-corrected chi connectivity index (χ4v) is 3.50. The van der Waals surface area contributed by atoms with Crippen molar-refractivity contribution in [2.24, 2.45) is 10.9 Å². The average molecular weight is 461 g/mol. The second-order valence-electron chi connectivity index (χ2n) is 6.55. The van der Waals surface area contributed by atoms with Gasteiger partial charge >= 0.3 is 0 Å². The Kier molecular flexibility index (Phi) is 7.06. The van der Waals surface area contributed by atoms with E-state index in [2.05, 4.69) is 40.1 Å². The highest BCUT2D eigenvalue weighted by atomic mass is 79.9. The number of benzene rings is 1. The molecule has 0 spiro atoms. The van der Waals surface area contributed by atoms with E-state index >= 15 is 0 Å². The third kappa shape index (κ3) is 5.56. The van der Waals surface area contributed by atoms with Crippen molar-refractivity contribution in [3.63, 3.8) is 0 Å². The van der Waals surface area contributed by atoms with Crippen LogP contribution in [0.2, 0.25) is 0 Å². The van der Waals surface area contributed by atoms with E-state index in [-0.39, 0.29) is 5.91 Å². The lowest BCUT2D eigenvalue weighted by molar-refractivity contribution is 0.0949. The van der Waals surface area contributed by atoms with Crippen LogP contribution in [0.1, 0.15) is 35.5 Å². The Morgan fingerprint density at radius 2 is 2.21 bits per heavy atom. The molecule has 0 atom stereocenters. The molecule has 2 heterocycles. The van der Waals surface area contributed by atoms with Crippen molar-refractivity contribution in [3.05, 3.63) is 69.4 Å². The molecule has 1 N–H and O–H groups in total. The SMILES string of the molecule is CC(C)COc1ccc(Br)cc1C=Nc1sccc1C(=O)NCc1ccco1. The van der Waals surface area contributed by atoms with Gasteiger partial charge in [-0.1, -0.05) is 29.8 Å². The highest BCUT2D eigenvalue weighted by molar-refractivity contribution is 9.10. The number of nitrogens with one attached hydrogen (secondary N) is 1. The van der Waals surface area contributed by atoms with Crippen LogP contribution in [0.15, 0.2) is 61.9 Å². The van der Waals surface area contributed by atoms with Crippen LogP contribution in [0.4, 0.5) is 5.00 Å². The summed E-state index contributed by atoms with van der Waals surface area (Å²) in [5.41, 5.74) is 1.39. The van der Waals surface area contributed by atoms with Crippen LogP contribution >= 0.6 is 27.3 Å². The number of amides is 1. The lowest BCUT2D eigenvalue weighted by Crippen LogP contribution is -2.22. The maximum atomic E-state index is 12.5. The molecule has 1 aromatic carbocycles. The summed E-state index contributed by atoms with van der Waals surface area (Å²) in [6.07, 6.45) is 3.31. The van der Waals surface area contributed by atoms with Crippen LogP contribution < -0.4 is 10.1 Å². The zero-order valence-corrected chi connectivity index (χ0v) is 18.0. The zero-order chi connectivity index (χ0) is 19.9. The number of nitrogens with zero attached hydrogens (tertiary/aromatic N) is 1. The Hall–Kier alpha value is -2.38. The molecule has 28 heavy (non-hydrogen) atoms. The Morgan fingerprint density at radius 3 is 2.96 bits per heavy atom. The molecule has 0 aliphatic carbocycles. The van der Waals surface area contributed by atoms with Gasteiger partial charge in [0.1, 0.15) is 16.5 Å². The predicted molar refractivity (Wildman–Crippen MR) is 116 cm³/mol. The Bertz CT molecular complexity index is 948. The number of hydrogen-bond acceptors (Lipinski definition) is 5. The first kappa shape index (κ1) is 20.4. The summed E-state index contributed by atoms with van der Waals surface area (Å²) < 4.78 is 12.1. The van der Waals surface area contributed by atoms with Crippen molar-refractivity contribution in [3.8, 4) is 5.75 Å². The Morgan fingerprint density at radius 1 is 1.36 bits per heavy atom. The second-order valence-corrected chi connectivity index (χ2v) is 8.36. The van der Waals surface area contributed by atoms with Crippen molar-refractivity contribution in [2.75, 3.05) is 6.61 Å². The molecule has 0 aliphatic heterocycles. The fraction of sp³-hybridized carbons (Fsp3) is 0.238. The summed E-state index contributed by atoms with van der Waals surface area (Å²) in [5, 5.41) is 5.35. The standard InChI is InChI=1S/C21H21BrN2O3S/c1-14(2)13-27-19-6-5-16(22)10-15(19)11-24-21-18(7-9-28-21)20(25)23-12-17-4-3-8-26-17/h3-11,14H,12-13H2,1-2H3,(H,23,25). The number of ether oxygens (including phenoxy) is 1. The topological polar surface area (TPSA) is 63.8 Å². The number of rotatable bonds is 8. The van der Waals surface area contributed by atoms with E-state index in [1.54, 1.807) is 24.6 Å². The van der Waals surface area contributed by atoms with E-state index in [1.807, 2.05) is 29.6 Å². The van der Waals surface area contributed by atoms with Gasteiger partial charge in [0.2, 0.25) is 0 Å². The number of aliphatic imine (C=N–C) groups is 1. The molecule has 0 radical (unpaired) electrons. The normalized spacial score (nSPS) is 11.3. The molecule has 146 valence electrons. The number of thiophene rings is 1. The molecule has 0 saturated carbocycles. The first-order valence-corrected chi connectivity index (χ1v) is 10.5. The van der Waals surface area contributed by atoms with Crippen LogP contribution in [0.5, 0.6) is 5.75 Å². The van der Waals surface area contributed by atoms with Crippen LogP contribution in [-0.4, -0.2) is 18.7 Å². The molecule has 3 rings (SSSR count). The first-order chi connectivity index (χ1) is 13.5. The number of hydrogen-bond donors (Lipinski definition) is 1. The largest absolute Gasteiger partial charge is 0.493 e. The van der Waals surface area contributed by atoms with Gasteiger partial charge in [0.15, 0.2) is 0 Å². The number of carbonyl (C=O) groups excluding carboxylic acids is 1. The summed E-state index contributed by atoms with van der Waals surface area (Å²) in [7, 11) is 0. The summed E-state index contributed by atoms with van der Waals surface area (Å²) in [6, 6.07) is 11.2. The number of carbonyl (C=O) groups is 1. The second kappa shape index (κ2) is 9.71. The smallest absolute Gasteiger partial charge is 0.254 e. The third-order valence-corrected chi connectivity index (χ3v) is 5.07. The van der Waals surface area contributed by atoms with E-state index in [0.29, 0.717) is 35.4 Å². The molecular formula is C21H21BrN2O3S. The van der Waals surface area contributed by atoms with E-state index < -0.39 is 0 Å². The highest BCUT2D eigenvalue weighted by Gasteiger charge is 2.13. The van der Waals surface area contributed by atoms with Crippen molar-refractivity contribution in [1.29, 1.82) is 0 Å². The molecule has 7 heteroatoms. The van der Waals surface area contributed by atoms with Gasteiger partial charge in [0.25, 0.3) is 5.91 Å². The predicted octanol–water partition coefficient (Wildman–Crippen LogP) is 5.82. The molecule has 1 amide bonds. The molecular weight excluding hydrogens is 440 g/mol. The van der Waals surface area contributed by atoms with Gasteiger partial charge < -0.3 is 14.5 Å². The van der Waals surface area contributed by atoms with Gasteiger partial charge in [-0.25, -0.2) is 4.99 Å². The van der Waals surface area contributed by atoms with Crippen LogP contribution in [-0.2, 0) is 6.54 Å². The monoisotopic (exact) mass is 460 g/mol. The van der Waals surface area contributed by atoms with Gasteiger partial charge in [-0.15, -0.1) is 11.3 Å². The fourth-order valence-electron chi connectivity index (χ4n) is 2.39. The molecule has 0 bridgehead atoms. The summed E-state index contributed by atoms with van der Waals surface area (Å²) in [4.78, 5) is 17.0. The van der Waals surface area contributed by atoms with Crippen LogP contribution in [0, 0.1) is 5.92 Å². The lowest BCUT2D eigenvalue weighted by atomic mass is 10.2. The maximum Gasteiger partial charge on any atom is 0.254 e.